The zero-order chi connectivity index (χ0) is 23.8. The van der Waals surface area contributed by atoms with E-state index in [0.717, 1.165) is 18.5 Å². The molecule has 2 aromatic carbocycles. The zero-order valence-electron chi connectivity index (χ0n) is 19.8. The van der Waals surface area contributed by atoms with E-state index in [1.807, 2.05) is 44.2 Å². The van der Waals surface area contributed by atoms with Gasteiger partial charge in [-0.25, -0.2) is 4.98 Å². The van der Waals surface area contributed by atoms with Gasteiger partial charge in [0.15, 0.2) is 5.16 Å². The Morgan fingerprint density at radius 2 is 1.85 bits per heavy atom. The Morgan fingerprint density at radius 3 is 2.55 bits per heavy atom. The highest BCUT2D eigenvalue weighted by atomic mass is 32.2. The molecule has 0 radical (unpaired) electrons. The molecule has 0 saturated heterocycles. The van der Waals surface area contributed by atoms with Gasteiger partial charge in [-0.2, -0.15) is 0 Å². The predicted molar refractivity (Wildman–Crippen MR) is 135 cm³/mol. The van der Waals surface area contributed by atoms with Crippen LogP contribution in [0.15, 0.2) is 58.5 Å². The van der Waals surface area contributed by atoms with Crippen LogP contribution in [0.2, 0.25) is 0 Å². The van der Waals surface area contributed by atoms with Gasteiger partial charge in [-0.1, -0.05) is 49.9 Å². The van der Waals surface area contributed by atoms with Crippen LogP contribution in [0.4, 0.5) is 0 Å². The lowest BCUT2D eigenvalue weighted by Gasteiger charge is -2.15. The van der Waals surface area contributed by atoms with Gasteiger partial charge < -0.3 is 10.1 Å². The molecule has 176 valence electrons. The molecular formula is C26H33N3O3S. The summed E-state index contributed by atoms with van der Waals surface area (Å²) in [5, 5.41) is 3.97. The number of ether oxygens (including phenoxy) is 1. The summed E-state index contributed by atoms with van der Waals surface area (Å²) < 4.78 is 7.11. The van der Waals surface area contributed by atoms with Crippen LogP contribution in [0.25, 0.3) is 16.6 Å². The van der Waals surface area contributed by atoms with Crippen LogP contribution < -0.4 is 10.9 Å². The standard InChI is InChI=1S/C26H33N3O3S/c1-5-19(4)20-11-13-21(14-12-20)29-25(31)22-9-6-7-10-23(22)28-26(29)33-17-24(30)27-15-8-16-32-18(2)3/h6-7,9-14,18-19H,5,8,15-17H2,1-4H3,(H,27,30). The molecule has 7 heteroatoms. The van der Waals surface area contributed by atoms with Crippen molar-refractivity contribution in [3.8, 4) is 5.69 Å². The van der Waals surface area contributed by atoms with E-state index in [9.17, 15) is 9.59 Å². The molecule has 1 aromatic heterocycles. The van der Waals surface area contributed by atoms with Crippen LogP contribution in [-0.2, 0) is 9.53 Å². The minimum absolute atomic E-state index is 0.0920. The van der Waals surface area contributed by atoms with Gasteiger partial charge in [-0.15, -0.1) is 0 Å². The highest BCUT2D eigenvalue weighted by molar-refractivity contribution is 7.99. The molecule has 0 aliphatic rings. The van der Waals surface area contributed by atoms with E-state index in [1.54, 1.807) is 10.6 Å². The molecule has 1 heterocycles. The number of amides is 1. The van der Waals surface area contributed by atoms with Crippen LogP contribution in [0.1, 0.15) is 52.0 Å². The number of carbonyl (C=O) groups is 1. The molecule has 1 amide bonds. The normalized spacial score (nSPS) is 12.3. The summed E-state index contributed by atoms with van der Waals surface area (Å²) in [7, 11) is 0. The van der Waals surface area contributed by atoms with Crippen molar-refractivity contribution in [2.75, 3.05) is 18.9 Å². The Bertz CT molecular complexity index is 1130. The summed E-state index contributed by atoms with van der Waals surface area (Å²) >= 11 is 1.27. The number of aromatic nitrogens is 2. The fourth-order valence-electron chi connectivity index (χ4n) is 3.42. The van der Waals surface area contributed by atoms with Crippen molar-refractivity contribution in [2.24, 2.45) is 0 Å². The van der Waals surface area contributed by atoms with E-state index in [4.69, 9.17) is 9.72 Å². The second-order valence-corrected chi connectivity index (χ2v) is 9.31. The van der Waals surface area contributed by atoms with E-state index in [1.165, 1.54) is 17.3 Å². The van der Waals surface area contributed by atoms with Gasteiger partial charge in [0.2, 0.25) is 5.91 Å². The van der Waals surface area contributed by atoms with Crippen molar-refractivity contribution in [1.29, 1.82) is 0 Å². The number of hydrogen-bond acceptors (Lipinski definition) is 5. The second-order valence-electron chi connectivity index (χ2n) is 8.36. The summed E-state index contributed by atoms with van der Waals surface area (Å²) in [5.41, 5.74) is 2.48. The Labute approximate surface area is 199 Å². The number of thioether (sulfide) groups is 1. The molecule has 1 unspecified atom stereocenters. The topological polar surface area (TPSA) is 73.2 Å². The smallest absolute Gasteiger partial charge is 0.266 e. The van der Waals surface area contributed by atoms with Crippen molar-refractivity contribution in [2.45, 2.75) is 57.7 Å². The molecule has 0 aliphatic heterocycles. The monoisotopic (exact) mass is 467 g/mol. The van der Waals surface area contributed by atoms with E-state index in [2.05, 4.69) is 31.3 Å². The lowest BCUT2D eigenvalue weighted by molar-refractivity contribution is -0.118. The average Bonchev–Trinajstić information content (AvgIpc) is 2.82. The first-order chi connectivity index (χ1) is 15.9. The van der Waals surface area contributed by atoms with E-state index in [-0.39, 0.29) is 23.3 Å². The van der Waals surface area contributed by atoms with Gasteiger partial charge in [0.25, 0.3) is 5.56 Å². The first-order valence-corrected chi connectivity index (χ1v) is 12.5. The van der Waals surface area contributed by atoms with Crippen molar-refractivity contribution < 1.29 is 9.53 Å². The molecule has 0 aliphatic carbocycles. The molecule has 3 rings (SSSR count). The second kappa shape index (κ2) is 12.0. The molecule has 1 N–H and O–H groups in total. The number of carbonyl (C=O) groups excluding carboxylic acids is 1. The lowest BCUT2D eigenvalue weighted by atomic mass is 9.98. The number of fused-ring (bicyclic) bond motifs is 1. The van der Waals surface area contributed by atoms with Gasteiger partial charge in [0, 0.05) is 13.2 Å². The van der Waals surface area contributed by atoms with E-state index >= 15 is 0 Å². The maximum Gasteiger partial charge on any atom is 0.266 e. The van der Waals surface area contributed by atoms with Crippen molar-refractivity contribution in [3.63, 3.8) is 0 Å². The minimum atomic E-state index is -0.134. The fourth-order valence-corrected chi connectivity index (χ4v) is 4.27. The van der Waals surface area contributed by atoms with Crippen LogP contribution in [-0.4, -0.2) is 40.5 Å². The summed E-state index contributed by atoms with van der Waals surface area (Å²) in [6.07, 6.45) is 2.00. The molecule has 0 spiro atoms. The van der Waals surface area contributed by atoms with E-state index < -0.39 is 0 Å². The van der Waals surface area contributed by atoms with Crippen molar-refractivity contribution in [3.05, 3.63) is 64.4 Å². The summed E-state index contributed by atoms with van der Waals surface area (Å²) in [6, 6.07) is 15.3. The number of nitrogens with one attached hydrogen (secondary N) is 1. The van der Waals surface area contributed by atoms with Crippen LogP contribution in [0, 0.1) is 0 Å². The van der Waals surface area contributed by atoms with Crippen molar-refractivity contribution >= 4 is 28.6 Å². The Balaban J connectivity index is 1.80. The average molecular weight is 468 g/mol. The van der Waals surface area contributed by atoms with E-state index in [0.29, 0.717) is 35.1 Å². The molecule has 0 saturated carbocycles. The third-order valence-corrected chi connectivity index (χ3v) is 6.44. The Hall–Kier alpha value is -2.64. The predicted octanol–water partition coefficient (Wildman–Crippen LogP) is 4.92. The number of nitrogens with zero attached hydrogens (tertiary/aromatic N) is 2. The Kier molecular flexibility index (Phi) is 9.09. The highest BCUT2D eigenvalue weighted by Gasteiger charge is 2.15. The molecule has 33 heavy (non-hydrogen) atoms. The Morgan fingerprint density at radius 1 is 1.12 bits per heavy atom. The summed E-state index contributed by atoms with van der Waals surface area (Å²) in [5.74, 6) is 0.542. The maximum absolute atomic E-state index is 13.4. The third-order valence-electron chi connectivity index (χ3n) is 5.50. The maximum atomic E-state index is 13.4. The fraction of sp³-hybridized carbons (Fsp3) is 0.423. The first kappa shape index (κ1) is 25.0. The third kappa shape index (κ3) is 6.68. The lowest BCUT2D eigenvalue weighted by Crippen LogP contribution is -2.28. The first-order valence-electron chi connectivity index (χ1n) is 11.5. The number of rotatable bonds is 11. The van der Waals surface area contributed by atoms with Gasteiger partial charge in [0.1, 0.15) is 0 Å². The number of benzene rings is 2. The molecular weight excluding hydrogens is 434 g/mol. The highest BCUT2D eigenvalue weighted by Crippen LogP contribution is 2.24. The summed E-state index contributed by atoms with van der Waals surface area (Å²) in [6.45, 7) is 9.50. The number of para-hydroxylation sites is 1. The number of hydrogen-bond donors (Lipinski definition) is 1. The zero-order valence-corrected chi connectivity index (χ0v) is 20.7. The molecule has 0 bridgehead atoms. The largest absolute Gasteiger partial charge is 0.379 e. The van der Waals surface area contributed by atoms with Gasteiger partial charge >= 0.3 is 0 Å². The molecule has 0 fully saturated rings. The van der Waals surface area contributed by atoms with Crippen molar-refractivity contribution in [1.82, 2.24) is 14.9 Å². The molecule has 6 nitrogen and oxygen atoms in total. The van der Waals surface area contributed by atoms with Gasteiger partial charge in [-0.05, 0) is 62.4 Å². The van der Waals surface area contributed by atoms with Crippen LogP contribution in [0.3, 0.4) is 0 Å². The molecule has 1 atom stereocenters. The minimum Gasteiger partial charge on any atom is -0.379 e. The molecule has 3 aromatic rings. The van der Waals surface area contributed by atoms with Crippen LogP contribution >= 0.6 is 11.8 Å². The van der Waals surface area contributed by atoms with Crippen LogP contribution in [0.5, 0.6) is 0 Å². The SMILES string of the molecule is CCC(C)c1ccc(-n2c(SCC(=O)NCCCOC(C)C)nc3ccccc3c2=O)cc1. The quantitative estimate of drug-likeness (QED) is 0.246. The van der Waals surface area contributed by atoms with Gasteiger partial charge in [0.05, 0.1) is 28.4 Å². The summed E-state index contributed by atoms with van der Waals surface area (Å²) in [4.78, 5) is 30.5. The van der Waals surface area contributed by atoms with Gasteiger partial charge in [-0.3, -0.25) is 14.2 Å².